The predicted molar refractivity (Wildman–Crippen MR) is 160 cm³/mol. The first-order chi connectivity index (χ1) is 19.9. The zero-order chi connectivity index (χ0) is 29.2. The fourth-order valence-corrected chi connectivity index (χ4v) is 7.34. The predicted octanol–water partition coefficient (Wildman–Crippen LogP) is 4.45. The van der Waals surface area contributed by atoms with Gasteiger partial charge in [0.25, 0.3) is 0 Å². The van der Waals surface area contributed by atoms with Gasteiger partial charge in [-0.15, -0.1) is 11.8 Å². The molecule has 0 bridgehead atoms. The Hall–Kier alpha value is -2.70. The highest BCUT2D eigenvalue weighted by Gasteiger charge is 2.34. The van der Waals surface area contributed by atoms with Crippen LogP contribution in [0.5, 0.6) is 0 Å². The van der Waals surface area contributed by atoms with E-state index in [0.717, 1.165) is 60.9 Å². The number of ether oxygens (including phenoxy) is 2. The lowest BCUT2D eigenvalue weighted by Gasteiger charge is -2.26. The first kappa shape index (κ1) is 31.2. The average Bonchev–Trinajstić information content (AvgIpc) is 3.31. The van der Waals surface area contributed by atoms with Crippen molar-refractivity contribution in [3.05, 3.63) is 63.7 Å². The lowest BCUT2D eigenvalue weighted by atomic mass is 9.89. The van der Waals surface area contributed by atoms with Crippen LogP contribution in [0.2, 0.25) is 0 Å². The highest BCUT2D eigenvalue weighted by atomic mass is 32.2. The van der Waals surface area contributed by atoms with Crippen molar-refractivity contribution in [3.8, 4) is 6.07 Å². The molecule has 0 spiro atoms. The molecule has 1 N–H and O–H groups in total. The summed E-state index contributed by atoms with van der Waals surface area (Å²) in [5.74, 6) is 1.10. The zero-order valence-electron chi connectivity index (χ0n) is 24.3. The number of aliphatic hydroxyl groups is 1. The molecule has 8 heteroatoms. The van der Waals surface area contributed by atoms with E-state index in [1.54, 1.807) is 11.8 Å². The van der Waals surface area contributed by atoms with Crippen LogP contribution in [0.4, 0.5) is 0 Å². The second-order valence-electron chi connectivity index (χ2n) is 11.2. The van der Waals surface area contributed by atoms with Gasteiger partial charge >= 0.3 is 5.97 Å². The lowest BCUT2D eigenvalue weighted by molar-refractivity contribution is -0.144. The number of aliphatic hydroxyl groups excluding tert-OH is 1. The van der Waals surface area contributed by atoms with Crippen molar-refractivity contribution in [2.24, 2.45) is 11.8 Å². The lowest BCUT2D eigenvalue weighted by Crippen LogP contribution is -2.38. The van der Waals surface area contributed by atoms with Crippen LogP contribution in [0, 0.1) is 37.0 Å². The summed E-state index contributed by atoms with van der Waals surface area (Å²) in [5.41, 5.74) is 6.11. The molecule has 0 unspecified atom stereocenters. The highest BCUT2D eigenvalue weighted by Crippen LogP contribution is 2.37. The number of nitrogens with zero attached hydrogens (tertiary/aromatic N) is 2. The van der Waals surface area contributed by atoms with Crippen molar-refractivity contribution in [3.63, 3.8) is 0 Å². The number of nitriles is 1. The maximum absolute atomic E-state index is 12.9. The Morgan fingerprint density at radius 3 is 2.63 bits per heavy atom. The van der Waals surface area contributed by atoms with Gasteiger partial charge in [-0.05, 0) is 91.5 Å². The fraction of sp³-hybridized carbons (Fsp3) is 0.545. The third kappa shape index (κ3) is 8.89. The molecule has 2 aromatic carbocycles. The molecule has 0 radical (unpaired) electrons. The number of thioether (sulfide) groups is 1. The summed E-state index contributed by atoms with van der Waals surface area (Å²) in [5, 5.41) is 19.0. The van der Waals surface area contributed by atoms with Crippen molar-refractivity contribution in [1.29, 1.82) is 5.26 Å². The van der Waals surface area contributed by atoms with Gasteiger partial charge in [0.05, 0.1) is 24.8 Å². The summed E-state index contributed by atoms with van der Waals surface area (Å²) in [7, 11) is 0. The Morgan fingerprint density at radius 1 is 1.17 bits per heavy atom. The number of rotatable bonds is 13. The van der Waals surface area contributed by atoms with Gasteiger partial charge in [-0.1, -0.05) is 12.1 Å². The van der Waals surface area contributed by atoms with Gasteiger partial charge in [-0.3, -0.25) is 14.5 Å². The van der Waals surface area contributed by atoms with Crippen LogP contribution in [-0.4, -0.2) is 73.6 Å². The van der Waals surface area contributed by atoms with E-state index < -0.39 is 0 Å². The van der Waals surface area contributed by atoms with E-state index in [4.69, 9.17) is 9.47 Å². The number of Topliss-reactive ketones (excluding diaryl/α,β-unsaturated/α-hetero) is 1. The monoisotopic (exact) mass is 578 g/mol. The molecule has 220 valence electrons. The molecule has 4 rings (SSSR count). The summed E-state index contributed by atoms with van der Waals surface area (Å²) in [4.78, 5) is 28.6. The number of hydrogen-bond acceptors (Lipinski definition) is 8. The Balaban J connectivity index is 1.32. The van der Waals surface area contributed by atoms with Gasteiger partial charge in [-0.2, -0.15) is 5.26 Å². The van der Waals surface area contributed by atoms with Crippen LogP contribution in [0.25, 0.3) is 0 Å². The van der Waals surface area contributed by atoms with Crippen molar-refractivity contribution in [2.75, 3.05) is 51.8 Å². The molecular weight excluding hydrogens is 536 g/mol. The molecule has 1 aliphatic carbocycles. The number of carbonyl (C=O) groups is 2. The van der Waals surface area contributed by atoms with Gasteiger partial charge in [0.2, 0.25) is 0 Å². The molecule has 0 amide bonds. The van der Waals surface area contributed by atoms with Gasteiger partial charge < -0.3 is 14.6 Å². The van der Waals surface area contributed by atoms with Gasteiger partial charge in [-0.25, -0.2) is 0 Å². The molecule has 2 atom stereocenters. The Morgan fingerprint density at radius 2 is 1.93 bits per heavy atom. The number of esters is 1. The SMILES string of the molecule is Cc1cc(SC[C@H]2C(=O)CC[C@@H]2Cc2ccc(C#N)c(CCC(=O)OCCN3CCOCC3)c2)cc(C)c1CCO. The fourth-order valence-electron chi connectivity index (χ4n) is 5.99. The Bertz CT molecular complexity index is 1230. The standard InChI is InChI=1S/C33H42N2O5S/c1-23-17-29(18-24(2)30(23)9-13-36)41-22-31-27(5-7-32(31)37)20-25-3-4-28(21-34)26(19-25)6-8-33(38)40-16-12-35-10-14-39-15-11-35/h3-4,17-19,27,31,36H,5-16,20,22H2,1-2H3/t27-,31-/m1/s1. The molecule has 2 aliphatic rings. The first-order valence-corrected chi connectivity index (χ1v) is 15.7. The van der Waals surface area contributed by atoms with E-state index in [2.05, 4.69) is 36.9 Å². The van der Waals surface area contributed by atoms with E-state index in [-0.39, 0.29) is 30.8 Å². The van der Waals surface area contributed by atoms with Gasteiger partial charge in [0, 0.05) is 55.6 Å². The second kappa shape index (κ2) is 15.5. The molecule has 1 saturated heterocycles. The third-order valence-electron chi connectivity index (χ3n) is 8.37. The zero-order valence-corrected chi connectivity index (χ0v) is 25.1. The number of hydrogen-bond donors (Lipinski definition) is 1. The van der Waals surface area contributed by atoms with Crippen molar-refractivity contribution in [2.45, 2.75) is 57.3 Å². The number of morpholine rings is 1. The average molecular weight is 579 g/mol. The van der Waals surface area contributed by atoms with Crippen LogP contribution >= 0.6 is 11.8 Å². The molecule has 1 saturated carbocycles. The van der Waals surface area contributed by atoms with E-state index >= 15 is 0 Å². The quantitative estimate of drug-likeness (QED) is 0.275. The number of ketones is 1. The summed E-state index contributed by atoms with van der Waals surface area (Å²) in [6, 6.07) is 12.5. The van der Waals surface area contributed by atoms with Crippen LogP contribution < -0.4 is 0 Å². The summed E-state index contributed by atoms with van der Waals surface area (Å²) in [6.45, 7) is 8.54. The van der Waals surface area contributed by atoms with E-state index in [9.17, 15) is 20.0 Å². The topological polar surface area (TPSA) is 99.9 Å². The second-order valence-corrected chi connectivity index (χ2v) is 12.3. The number of carbonyl (C=O) groups excluding carboxylic acids is 2. The van der Waals surface area contributed by atoms with Crippen molar-refractivity contribution in [1.82, 2.24) is 4.90 Å². The highest BCUT2D eigenvalue weighted by molar-refractivity contribution is 7.99. The largest absolute Gasteiger partial charge is 0.464 e. The van der Waals surface area contributed by atoms with Crippen molar-refractivity contribution >= 4 is 23.5 Å². The van der Waals surface area contributed by atoms with Crippen LogP contribution in [0.1, 0.15) is 52.6 Å². The Labute approximate surface area is 248 Å². The molecule has 2 aromatic rings. The van der Waals surface area contributed by atoms with Crippen LogP contribution in [0.3, 0.4) is 0 Å². The van der Waals surface area contributed by atoms with E-state index in [1.165, 1.54) is 16.7 Å². The number of benzene rings is 2. The van der Waals surface area contributed by atoms with Crippen molar-refractivity contribution < 1.29 is 24.2 Å². The van der Waals surface area contributed by atoms with E-state index in [0.29, 0.717) is 43.8 Å². The number of aryl methyl sites for hydroxylation is 3. The van der Waals surface area contributed by atoms with Gasteiger partial charge in [0.15, 0.2) is 0 Å². The molecule has 2 fully saturated rings. The van der Waals surface area contributed by atoms with E-state index in [1.807, 2.05) is 18.2 Å². The molecule has 0 aromatic heterocycles. The minimum atomic E-state index is -0.249. The Kier molecular flexibility index (Phi) is 11.8. The summed E-state index contributed by atoms with van der Waals surface area (Å²) >= 11 is 1.74. The minimum Gasteiger partial charge on any atom is -0.464 e. The smallest absolute Gasteiger partial charge is 0.306 e. The molecule has 7 nitrogen and oxygen atoms in total. The van der Waals surface area contributed by atoms with Gasteiger partial charge in [0.1, 0.15) is 12.4 Å². The van der Waals surface area contributed by atoms with Crippen LogP contribution in [-0.2, 0) is 38.3 Å². The normalized spacial score (nSPS) is 19.3. The maximum atomic E-state index is 12.9. The van der Waals surface area contributed by atoms with Crippen LogP contribution in [0.15, 0.2) is 35.2 Å². The minimum absolute atomic E-state index is 0.00160. The molecule has 1 heterocycles. The summed E-state index contributed by atoms with van der Waals surface area (Å²) < 4.78 is 10.8. The molecule has 41 heavy (non-hydrogen) atoms. The first-order valence-electron chi connectivity index (χ1n) is 14.7. The molecule has 1 aliphatic heterocycles. The molecular formula is C33H42N2O5S. The maximum Gasteiger partial charge on any atom is 0.306 e. The summed E-state index contributed by atoms with van der Waals surface area (Å²) in [6.07, 6.45) is 3.63. The third-order valence-corrected chi connectivity index (χ3v) is 9.46.